The van der Waals surface area contributed by atoms with E-state index in [4.69, 9.17) is 24.2 Å². The Hall–Kier alpha value is -3.72. The summed E-state index contributed by atoms with van der Waals surface area (Å²) in [4.78, 5) is 43.9. The highest BCUT2D eigenvalue weighted by molar-refractivity contribution is 5.70. The molecule has 35 heavy (non-hydrogen) atoms. The largest absolute Gasteiger partial charge is 0.533 e. The molecule has 14 nitrogen and oxygen atoms in total. The Kier molecular flexibility index (Phi) is 8.97. The van der Waals surface area contributed by atoms with Crippen LogP contribution in [0.4, 0.5) is 15.4 Å². The van der Waals surface area contributed by atoms with Gasteiger partial charge < -0.3 is 39.7 Å². The molecule has 2 aromatic rings. The molecule has 1 aliphatic heterocycles. The van der Waals surface area contributed by atoms with Crippen LogP contribution in [-0.2, 0) is 20.9 Å². The van der Waals surface area contributed by atoms with Crippen molar-refractivity contribution in [1.82, 2.24) is 14.9 Å². The van der Waals surface area contributed by atoms with E-state index in [1.165, 1.54) is 12.3 Å². The highest BCUT2D eigenvalue weighted by Gasteiger charge is 2.43. The minimum atomic E-state index is -1.45. The van der Waals surface area contributed by atoms with Crippen LogP contribution in [0.25, 0.3) is 0 Å². The van der Waals surface area contributed by atoms with Gasteiger partial charge in [-0.25, -0.2) is 14.4 Å². The number of aliphatic hydroxyl groups is 3. The van der Waals surface area contributed by atoms with E-state index in [1.807, 2.05) is 6.92 Å². The lowest BCUT2D eigenvalue weighted by Crippen LogP contribution is -2.36. The molecule has 0 radical (unpaired) electrons. The number of carbonyl (C=O) groups is 2. The fourth-order valence-electron chi connectivity index (χ4n) is 3.06. The normalized spacial score (nSPS) is 21.3. The van der Waals surface area contributed by atoms with E-state index in [0.717, 1.165) is 11.0 Å². The van der Waals surface area contributed by atoms with Crippen molar-refractivity contribution >= 4 is 18.1 Å². The van der Waals surface area contributed by atoms with E-state index in [-0.39, 0.29) is 12.4 Å². The predicted molar refractivity (Wildman–Crippen MR) is 117 cm³/mol. The van der Waals surface area contributed by atoms with Gasteiger partial charge in [0.15, 0.2) is 12.0 Å². The predicted octanol–water partition coefficient (Wildman–Crippen LogP) is 0.0335. The van der Waals surface area contributed by atoms with Crippen LogP contribution in [0.2, 0.25) is 0 Å². The number of nitrogens with one attached hydrogen (secondary N) is 2. The van der Waals surface area contributed by atoms with Crippen LogP contribution >= 0.6 is 0 Å². The maximum atomic E-state index is 12.2. The number of aromatic nitrogens is 2. The first kappa shape index (κ1) is 25.9. The Balaban J connectivity index is 1.46. The van der Waals surface area contributed by atoms with Gasteiger partial charge in [-0.1, -0.05) is 19.1 Å². The van der Waals surface area contributed by atoms with Gasteiger partial charge in [0.05, 0.1) is 6.61 Å². The number of carbonyl (C=O) groups excluding carboxylic acids is 2. The van der Waals surface area contributed by atoms with Crippen LogP contribution in [0.1, 0.15) is 25.1 Å². The number of benzene rings is 1. The molecule has 1 fully saturated rings. The molecule has 2 heterocycles. The third-order valence-corrected chi connectivity index (χ3v) is 4.87. The number of nitrogens with zero attached hydrogens (tertiary/aromatic N) is 2. The Morgan fingerprint density at radius 2 is 1.91 bits per heavy atom. The van der Waals surface area contributed by atoms with E-state index >= 15 is 0 Å². The number of anilines is 1. The molecule has 1 aromatic carbocycles. The smallest absolute Gasteiger partial charge is 0.428 e. The summed E-state index contributed by atoms with van der Waals surface area (Å²) in [5.41, 5.74) is 1.90. The first-order valence-electron chi connectivity index (χ1n) is 10.7. The van der Waals surface area contributed by atoms with Crippen molar-refractivity contribution in [3.63, 3.8) is 0 Å². The van der Waals surface area contributed by atoms with Crippen LogP contribution in [0.5, 0.6) is 5.75 Å². The number of aliphatic hydroxyl groups excluding tert-OH is 3. The van der Waals surface area contributed by atoms with Crippen molar-refractivity contribution in [2.24, 2.45) is 0 Å². The molecular weight excluding hydrogens is 468 g/mol. The first-order valence-corrected chi connectivity index (χ1v) is 10.7. The molecule has 14 heteroatoms. The summed E-state index contributed by atoms with van der Waals surface area (Å²) in [6.07, 6.45) is -4.79. The van der Waals surface area contributed by atoms with Crippen molar-refractivity contribution in [3.05, 3.63) is 52.6 Å². The Morgan fingerprint density at radius 3 is 2.54 bits per heavy atom. The van der Waals surface area contributed by atoms with Crippen LogP contribution in [0.3, 0.4) is 0 Å². The second-order valence-corrected chi connectivity index (χ2v) is 7.43. The molecule has 1 saturated heterocycles. The minimum absolute atomic E-state index is 0.127. The summed E-state index contributed by atoms with van der Waals surface area (Å²) < 4.78 is 16.2. The molecule has 1 amide bonds. The lowest BCUT2D eigenvalue weighted by atomic mass is 10.1. The fraction of sp³-hybridized carbons (Fsp3) is 0.429. The molecule has 190 valence electrons. The number of hydrogen-bond donors (Lipinski definition) is 5. The zero-order valence-corrected chi connectivity index (χ0v) is 18.7. The number of hydrogen-bond acceptors (Lipinski definition) is 12. The van der Waals surface area contributed by atoms with Crippen LogP contribution in [-0.4, -0.2) is 68.6 Å². The maximum Gasteiger partial charge on any atom is 0.533 e. The van der Waals surface area contributed by atoms with E-state index in [0.29, 0.717) is 17.9 Å². The van der Waals surface area contributed by atoms with Crippen LogP contribution in [0.15, 0.2) is 41.3 Å². The Morgan fingerprint density at radius 1 is 1.17 bits per heavy atom. The third-order valence-electron chi connectivity index (χ3n) is 4.87. The van der Waals surface area contributed by atoms with E-state index in [9.17, 15) is 24.6 Å². The summed E-state index contributed by atoms with van der Waals surface area (Å²) in [6, 6.07) is 7.54. The standard InChI is InChI=1S/C21H26N4O10/c1-2-8-22-20(30)33-13-5-3-12(4-6-13)11-32-21(31)35-24-15-7-9-25(19(29)23-15)18-17(28)16(27)14(10-26)34-18/h3-7,9,14,16-18,26-28H,2,8,10-11H2,1H3,(H,22,30)(H,23,24,29)/t14-,16-,17+,18-/m1/s1. The average molecular weight is 494 g/mol. The minimum Gasteiger partial charge on any atom is -0.428 e. The molecule has 1 aliphatic rings. The topological polar surface area (TPSA) is 191 Å². The molecule has 0 aliphatic carbocycles. The second kappa shape index (κ2) is 12.1. The molecule has 0 bridgehead atoms. The SMILES string of the molecule is CCCNC(=O)Oc1ccc(COC(=O)ONc2ccn([C@@H]3O[C@H](CO)[C@@H](O)[C@@H]3O)c(=O)n2)cc1. The van der Waals surface area contributed by atoms with Crippen LogP contribution in [0, 0.1) is 0 Å². The summed E-state index contributed by atoms with van der Waals surface area (Å²) >= 11 is 0. The maximum absolute atomic E-state index is 12.2. The van der Waals surface area contributed by atoms with E-state index in [2.05, 4.69) is 15.8 Å². The van der Waals surface area contributed by atoms with Crippen molar-refractivity contribution < 1.29 is 44.0 Å². The van der Waals surface area contributed by atoms with Crippen molar-refractivity contribution in [2.45, 2.75) is 44.5 Å². The summed E-state index contributed by atoms with van der Waals surface area (Å²) in [5.74, 6) is 0.196. The van der Waals surface area contributed by atoms with Gasteiger partial charge in [-0.15, -0.1) is 0 Å². The van der Waals surface area contributed by atoms with Crippen molar-refractivity contribution in [1.29, 1.82) is 0 Å². The van der Waals surface area contributed by atoms with Gasteiger partial charge >= 0.3 is 17.9 Å². The monoisotopic (exact) mass is 494 g/mol. The summed E-state index contributed by atoms with van der Waals surface area (Å²) in [7, 11) is 0. The van der Waals surface area contributed by atoms with Gasteiger partial charge in [-0.3, -0.25) is 4.57 Å². The molecule has 4 atom stereocenters. The molecule has 0 saturated carbocycles. The molecule has 3 rings (SSSR count). The molecule has 0 spiro atoms. The highest BCUT2D eigenvalue weighted by atomic mass is 16.8. The first-order chi connectivity index (χ1) is 16.8. The zero-order valence-electron chi connectivity index (χ0n) is 18.7. The lowest BCUT2D eigenvalue weighted by Gasteiger charge is -2.17. The number of ether oxygens (including phenoxy) is 3. The summed E-state index contributed by atoms with van der Waals surface area (Å²) in [5, 5.41) is 31.6. The lowest BCUT2D eigenvalue weighted by molar-refractivity contribution is -0.0549. The van der Waals surface area contributed by atoms with Gasteiger partial charge in [-0.05, 0) is 24.1 Å². The number of rotatable bonds is 9. The van der Waals surface area contributed by atoms with Gasteiger partial charge in [0.1, 0.15) is 30.7 Å². The Labute approximate surface area is 199 Å². The zero-order chi connectivity index (χ0) is 25.4. The highest BCUT2D eigenvalue weighted by Crippen LogP contribution is 2.28. The van der Waals surface area contributed by atoms with Gasteiger partial charge in [-0.2, -0.15) is 10.5 Å². The second-order valence-electron chi connectivity index (χ2n) is 7.43. The van der Waals surface area contributed by atoms with E-state index < -0.39 is 49.1 Å². The van der Waals surface area contributed by atoms with E-state index in [1.54, 1.807) is 24.3 Å². The van der Waals surface area contributed by atoms with Gasteiger partial charge in [0.25, 0.3) is 0 Å². The van der Waals surface area contributed by atoms with Crippen molar-refractivity contribution in [3.8, 4) is 5.75 Å². The van der Waals surface area contributed by atoms with Gasteiger partial charge in [0.2, 0.25) is 0 Å². The van der Waals surface area contributed by atoms with Gasteiger partial charge in [0, 0.05) is 18.8 Å². The van der Waals surface area contributed by atoms with Crippen LogP contribution < -0.4 is 21.2 Å². The summed E-state index contributed by atoms with van der Waals surface area (Å²) in [6.45, 7) is 1.74. The molecule has 5 N–H and O–H groups in total. The average Bonchev–Trinajstić information content (AvgIpc) is 3.14. The quantitative estimate of drug-likeness (QED) is 0.233. The number of amides is 1. The third kappa shape index (κ3) is 6.89. The molecular formula is C21H26N4O10. The van der Waals surface area contributed by atoms with Crippen molar-refractivity contribution in [2.75, 3.05) is 18.6 Å². The molecule has 1 aromatic heterocycles. The fourth-order valence-corrected chi connectivity index (χ4v) is 3.06. The Bertz CT molecular complexity index is 1060. The molecule has 0 unspecified atom stereocenters.